The SMILES string of the molecule is O=C(C1CCCCC1)C1CC[NH+](CC2CCC(Cl)CC2)CC1. The third-order valence-electron chi connectivity index (χ3n) is 6.46. The van der Waals surface area contributed by atoms with Crippen molar-refractivity contribution >= 4 is 17.4 Å². The van der Waals surface area contributed by atoms with Crippen LogP contribution in [0.25, 0.3) is 0 Å². The summed E-state index contributed by atoms with van der Waals surface area (Å²) in [5.74, 6) is 2.32. The van der Waals surface area contributed by atoms with Crippen LogP contribution in [0, 0.1) is 17.8 Å². The van der Waals surface area contributed by atoms with E-state index in [1.54, 1.807) is 4.90 Å². The van der Waals surface area contributed by atoms with Gasteiger partial charge in [-0.05, 0) is 38.5 Å². The number of alkyl halides is 1. The zero-order valence-electron chi connectivity index (χ0n) is 14.0. The zero-order chi connectivity index (χ0) is 15.4. The Kier molecular flexibility index (Phi) is 6.21. The molecule has 0 bridgehead atoms. The Morgan fingerprint density at radius 3 is 2.05 bits per heavy atom. The molecule has 0 radical (unpaired) electrons. The van der Waals surface area contributed by atoms with Crippen LogP contribution in [0.5, 0.6) is 0 Å². The lowest BCUT2D eigenvalue weighted by Crippen LogP contribution is -3.13. The van der Waals surface area contributed by atoms with Gasteiger partial charge in [0.15, 0.2) is 0 Å². The van der Waals surface area contributed by atoms with E-state index in [1.807, 2.05) is 0 Å². The largest absolute Gasteiger partial charge is 0.335 e. The van der Waals surface area contributed by atoms with Gasteiger partial charge in [-0.2, -0.15) is 0 Å². The second-order valence-corrected chi connectivity index (χ2v) is 8.70. The summed E-state index contributed by atoms with van der Waals surface area (Å²) in [6.07, 6.45) is 13.6. The number of piperidine rings is 1. The molecule has 0 aromatic carbocycles. The van der Waals surface area contributed by atoms with E-state index >= 15 is 0 Å². The highest BCUT2D eigenvalue weighted by Gasteiger charge is 2.33. The normalized spacial score (nSPS) is 37.9. The lowest BCUT2D eigenvalue weighted by molar-refractivity contribution is -0.909. The zero-order valence-corrected chi connectivity index (χ0v) is 14.8. The maximum Gasteiger partial charge on any atom is 0.139 e. The first-order chi connectivity index (χ1) is 10.7. The first-order valence-corrected chi connectivity index (χ1v) is 10.2. The average molecular weight is 327 g/mol. The standard InChI is InChI=1S/C19H32ClNO/c20-18-8-6-15(7-9-18)14-21-12-10-17(11-13-21)19(22)16-4-2-1-3-5-16/h15-18H,1-14H2/p+1. The molecule has 1 saturated heterocycles. The molecule has 2 saturated carbocycles. The number of carbonyl (C=O) groups is 1. The fourth-order valence-corrected chi connectivity index (χ4v) is 5.22. The molecule has 2 aliphatic carbocycles. The van der Waals surface area contributed by atoms with Gasteiger partial charge in [-0.15, -0.1) is 11.6 Å². The summed E-state index contributed by atoms with van der Waals surface area (Å²) < 4.78 is 0. The number of hydrogen-bond donors (Lipinski definition) is 1. The van der Waals surface area contributed by atoms with Crippen molar-refractivity contribution in [3.63, 3.8) is 0 Å². The van der Waals surface area contributed by atoms with Gasteiger partial charge >= 0.3 is 0 Å². The third kappa shape index (κ3) is 4.47. The molecule has 3 heteroatoms. The molecule has 0 aromatic rings. The van der Waals surface area contributed by atoms with Gasteiger partial charge in [0.25, 0.3) is 0 Å². The van der Waals surface area contributed by atoms with Crippen molar-refractivity contribution in [2.24, 2.45) is 17.8 Å². The molecule has 3 fully saturated rings. The van der Waals surface area contributed by atoms with Crippen molar-refractivity contribution in [3.05, 3.63) is 0 Å². The van der Waals surface area contributed by atoms with Crippen LogP contribution in [-0.4, -0.2) is 30.8 Å². The molecular weight excluding hydrogens is 294 g/mol. The molecule has 0 atom stereocenters. The summed E-state index contributed by atoms with van der Waals surface area (Å²) in [5, 5.41) is 0.435. The number of hydrogen-bond acceptors (Lipinski definition) is 1. The van der Waals surface area contributed by atoms with E-state index in [0.29, 0.717) is 23.0 Å². The fraction of sp³-hybridized carbons (Fsp3) is 0.947. The number of halogens is 1. The summed E-state index contributed by atoms with van der Waals surface area (Å²) >= 11 is 6.21. The minimum atomic E-state index is 0.394. The Morgan fingerprint density at radius 1 is 0.818 bits per heavy atom. The van der Waals surface area contributed by atoms with E-state index in [4.69, 9.17) is 11.6 Å². The molecule has 0 amide bonds. The lowest BCUT2D eigenvalue weighted by Gasteiger charge is -2.34. The maximum absolute atomic E-state index is 12.7. The van der Waals surface area contributed by atoms with Crippen molar-refractivity contribution in [1.82, 2.24) is 0 Å². The highest BCUT2D eigenvalue weighted by atomic mass is 35.5. The van der Waals surface area contributed by atoms with Crippen LogP contribution in [0.2, 0.25) is 0 Å². The first-order valence-electron chi connectivity index (χ1n) is 9.73. The Bertz CT molecular complexity index is 350. The van der Waals surface area contributed by atoms with Crippen LogP contribution in [0.4, 0.5) is 0 Å². The number of rotatable bonds is 4. The van der Waals surface area contributed by atoms with Gasteiger partial charge in [0.2, 0.25) is 0 Å². The molecule has 1 N–H and O–H groups in total. The topological polar surface area (TPSA) is 21.5 Å². The average Bonchev–Trinajstić information content (AvgIpc) is 2.58. The molecular formula is C19H33ClNO+. The summed E-state index contributed by atoms with van der Waals surface area (Å²) in [4.78, 5) is 14.4. The lowest BCUT2D eigenvalue weighted by atomic mass is 9.78. The minimum Gasteiger partial charge on any atom is -0.335 e. The van der Waals surface area contributed by atoms with Crippen molar-refractivity contribution in [2.75, 3.05) is 19.6 Å². The van der Waals surface area contributed by atoms with Crippen molar-refractivity contribution in [3.8, 4) is 0 Å². The molecule has 0 spiro atoms. The fourth-order valence-electron chi connectivity index (χ4n) is 4.97. The van der Waals surface area contributed by atoms with Gasteiger partial charge in [0, 0.05) is 36.0 Å². The minimum absolute atomic E-state index is 0.394. The quantitative estimate of drug-likeness (QED) is 0.787. The van der Waals surface area contributed by atoms with Crippen molar-refractivity contribution < 1.29 is 9.69 Å². The van der Waals surface area contributed by atoms with E-state index in [9.17, 15) is 4.79 Å². The first kappa shape index (κ1) is 16.8. The second kappa shape index (κ2) is 8.15. The summed E-state index contributed by atoms with van der Waals surface area (Å²) in [6, 6.07) is 0. The highest BCUT2D eigenvalue weighted by Crippen LogP contribution is 2.29. The van der Waals surface area contributed by atoms with Crippen LogP contribution in [-0.2, 0) is 4.79 Å². The van der Waals surface area contributed by atoms with Gasteiger partial charge in [-0.3, -0.25) is 4.79 Å². The van der Waals surface area contributed by atoms with Crippen LogP contribution in [0.15, 0.2) is 0 Å². The molecule has 22 heavy (non-hydrogen) atoms. The Labute approximate surface area is 141 Å². The van der Waals surface area contributed by atoms with E-state index in [-0.39, 0.29) is 0 Å². The predicted octanol–water partition coefficient (Wildman–Crippen LogP) is 3.23. The number of quaternary nitrogens is 1. The van der Waals surface area contributed by atoms with Crippen LogP contribution >= 0.6 is 11.6 Å². The number of ketones is 1. The Morgan fingerprint density at radius 2 is 1.41 bits per heavy atom. The molecule has 3 aliphatic rings. The third-order valence-corrected chi connectivity index (χ3v) is 6.89. The summed E-state index contributed by atoms with van der Waals surface area (Å²) in [6.45, 7) is 3.78. The van der Waals surface area contributed by atoms with E-state index < -0.39 is 0 Å². The second-order valence-electron chi connectivity index (χ2n) is 8.08. The molecule has 1 aliphatic heterocycles. The van der Waals surface area contributed by atoms with Gasteiger partial charge in [-0.25, -0.2) is 0 Å². The molecule has 2 nitrogen and oxygen atoms in total. The van der Waals surface area contributed by atoms with Crippen molar-refractivity contribution in [1.29, 1.82) is 0 Å². The van der Waals surface area contributed by atoms with Gasteiger partial charge < -0.3 is 4.90 Å². The Hall–Kier alpha value is -0.0800. The predicted molar refractivity (Wildman–Crippen MR) is 91.5 cm³/mol. The summed E-state index contributed by atoms with van der Waals surface area (Å²) in [5.41, 5.74) is 0. The van der Waals surface area contributed by atoms with Gasteiger partial charge in [0.05, 0.1) is 19.6 Å². The molecule has 1 heterocycles. The molecule has 0 aromatic heterocycles. The van der Waals surface area contributed by atoms with Crippen LogP contribution in [0.1, 0.15) is 70.6 Å². The van der Waals surface area contributed by atoms with Crippen LogP contribution < -0.4 is 4.90 Å². The Balaban J connectivity index is 1.39. The monoisotopic (exact) mass is 326 g/mol. The molecule has 126 valence electrons. The van der Waals surface area contributed by atoms with E-state index in [0.717, 1.165) is 18.8 Å². The number of likely N-dealkylation sites (tertiary alicyclic amines) is 1. The van der Waals surface area contributed by atoms with Gasteiger partial charge in [0.1, 0.15) is 5.78 Å². The van der Waals surface area contributed by atoms with Gasteiger partial charge in [-0.1, -0.05) is 19.3 Å². The molecule has 3 rings (SSSR count). The van der Waals surface area contributed by atoms with Crippen LogP contribution in [0.3, 0.4) is 0 Å². The molecule has 0 unspecified atom stereocenters. The highest BCUT2D eigenvalue weighted by molar-refractivity contribution is 6.20. The number of Topliss-reactive ketones (excluding diaryl/α,β-unsaturated/α-hetero) is 1. The van der Waals surface area contributed by atoms with E-state index in [1.165, 1.54) is 77.4 Å². The number of nitrogens with one attached hydrogen (secondary N) is 1. The smallest absolute Gasteiger partial charge is 0.139 e. The van der Waals surface area contributed by atoms with Crippen molar-refractivity contribution in [2.45, 2.75) is 76.0 Å². The maximum atomic E-state index is 12.7. The number of carbonyl (C=O) groups excluding carboxylic acids is 1. The van der Waals surface area contributed by atoms with E-state index in [2.05, 4.69) is 0 Å². The summed E-state index contributed by atoms with van der Waals surface area (Å²) in [7, 11) is 0.